The summed E-state index contributed by atoms with van der Waals surface area (Å²) in [6.07, 6.45) is 1.30. The summed E-state index contributed by atoms with van der Waals surface area (Å²) in [5.74, 6) is -0.620. The number of aliphatic imine (C=N–C) groups is 1. The van der Waals surface area contributed by atoms with E-state index in [9.17, 15) is 19.5 Å². The van der Waals surface area contributed by atoms with Crippen LogP contribution in [0.5, 0.6) is 17.2 Å². The van der Waals surface area contributed by atoms with E-state index < -0.39 is 22.4 Å². The number of benzene rings is 2. The Morgan fingerprint density at radius 1 is 1.25 bits per heavy atom. The molecule has 1 aliphatic rings. The molecule has 1 fully saturated rings. The van der Waals surface area contributed by atoms with Crippen molar-refractivity contribution >= 4 is 40.8 Å². The Labute approximate surface area is 164 Å². The maximum absolute atomic E-state index is 12.1. The molecule has 9 heteroatoms. The van der Waals surface area contributed by atoms with E-state index in [1.165, 1.54) is 25.5 Å². The Kier molecular flexibility index (Phi) is 5.95. The first-order valence-corrected chi connectivity index (χ1v) is 9.06. The van der Waals surface area contributed by atoms with Crippen LogP contribution in [0.25, 0.3) is 0 Å². The number of phenols is 1. The molecule has 1 heterocycles. The molecule has 1 aliphatic heterocycles. The van der Waals surface area contributed by atoms with Crippen LogP contribution in [-0.2, 0) is 9.59 Å². The van der Waals surface area contributed by atoms with Gasteiger partial charge in [0, 0.05) is 6.21 Å². The zero-order valence-corrected chi connectivity index (χ0v) is 15.6. The number of imide groups is 1. The number of phenolic OH excluding ortho intramolecular Hbond substituents is 1. The molecule has 0 aromatic heterocycles. The number of nitrogens with one attached hydrogen (secondary N) is 1. The van der Waals surface area contributed by atoms with Crippen molar-refractivity contribution in [3.05, 3.63) is 48.0 Å². The van der Waals surface area contributed by atoms with Crippen molar-refractivity contribution < 1.29 is 29.0 Å². The lowest BCUT2D eigenvalue weighted by atomic mass is 10.2. The van der Waals surface area contributed by atoms with E-state index in [4.69, 9.17) is 9.47 Å². The first-order chi connectivity index (χ1) is 13.5. The fourth-order valence-electron chi connectivity index (χ4n) is 2.41. The van der Waals surface area contributed by atoms with Crippen molar-refractivity contribution in [1.29, 1.82) is 0 Å². The van der Waals surface area contributed by atoms with Crippen LogP contribution in [0.4, 0.5) is 10.5 Å². The second-order valence-corrected chi connectivity index (χ2v) is 6.89. The lowest BCUT2D eigenvalue weighted by Crippen LogP contribution is -2.27. The average Bonchev–Trinajstić information content (AvgIpc) is 2.98. The Morgan fingerprint density at radius 3 is 2.71 bits per heavy atom. The van der Waals surface area contributed by atoms with Gasteiger partial charge >= 0.3 is 5.97 Å². The molecule has 2 N–H and O–H groups in total. The number of hydrogen-bond acceptors (Lipinski definition) is 8. The number of amides is 2. The molecule has 1 saturated heterocycles. The van der Waals surface area contributed by atoms with Gasteiger partial charge in [-0.15, -0.1) is 0 Å². The molecule has 2 aromatic rings. The highest BCUT2D eigenvalue weighted by Crippen LogP contribution is 2.30. The third-order valence-electron chi connectivity index (χ3n) is 3.76. The molecule has 2 aromatic carbocycles. The number of rotatable bonds is 6. The predicted molar refractivity (Wildman–Crippen MR) is 104 cm³/mol. The van der Waals surface area contributed by atoms with E-state index in [0.717, 1.165) is 11.8 Å². The zero-order chi connectivity index (χ0) is 20.1. The molecule has 0 bridgehead atoms. The van der Waals surface area contributed by atoms with Gasteiger partial charge in [0.05, 0.1) is 13.5 Å². The van der Waals surface area contributed by atoms with Crippen molar-refractivity contribution in [3.8, 4) is 17.2 Å². The van der Waals surface area contributed by atoms with Crippen LogP contribution < -0.4 is 14.8 Å². The molecule has 144 valence electrons. The standard InChI is InChI=1S/C19H16N2O6S/c1-26-15-8-11(10-20-12-4-2-3-5-13(12)22)6-7-14(15)27-17(23)9-16-18(24)21-19(25)28-16/h2-8,10,16,22H,9H2,1H3,(H,21,24,25). The topological polar surface area (TPSA) is 114 Å². The molecular weight excluding hydrogens is 384 g/mol. The fourth-order valence-corrected chi connectivity index (χ4v) is 3.21. The van der Waals surface area contributed by atoms with E-state index in [0.29, 0.717) is 17.0 Å². The molecule has 0 spiro atoms. The summed E-state index contributed by atoms with van der Waals surface area (Å²) in [4.78, 5) is 39.0. The number of aromatic hydroxyl groups is 1. The summed E-state index contributed by atoms with van der Waals surface area (Å²) in [5, 5.41) is 10.6. The summed E-state index contributed by atoms with van der Waals surface area (Å²) >= 11 is 0.761. The van der Waals surface area contributed by atoms with Crippen molar-refractivity contribution in [2.75, 3.05) is 7.11 Å². The molecule has 0 aliphatic carbocycles. The third-order valence-corrected chi connectivity index (χ3v) is 4.75. The number of hydrogen-bond donors (Lipinski definition) is 2. The van der Waals surface area contributed by atoms with Crippen LogP contribution in [-0.4, -0.2) is 40.8 Å². The smallest absolute Gasteiger partial charge is 0.312 e. The largest absolute Gasteiger partial charge is 0.506 e. The Hall–Kier alpha value is -3.33. The Bertz CT molecular complexity index is 959. The van der Waals surface area contributed by atoms with Crippen LogP contribution in [0.2, 0.25) is 0 Å². The molecule has 1 unspecified atom stereocenters. The maximum Gasteiger partial charge on any atom is 0.312 e. The highest BCUT2D eigenvalue weighted by Gasteiger charge is 2.34. The van der Waals surface area contributed by atoms with Crippen LogP contribution in [0.3, 0.4) is 0 Å². The van der Waals surface area contributed by atoms with Gasteiger partial charge in [0.15, 0.2) is 11.5 Å². The summed E-state index contributed by atoms with van der Waals surface area (Å²) in [6.45, 7) is 0. The first kappa shape index (κ1) is 19.4. The number of thioether (sulfide) groups is 1. The van der Waals surface area contributed by atoms with E-state index in [-0.39, 0.29) is 17.9 Å². The van der Waals surface area contributed by atoms with E-state index >= 15 is 0 Å². The average molecular weight is 400 g/mol. The number of methoxy groups -OCH3 is 1. The second-order valence-electron chi connectivity index (χ2n) is 5.72. The van der Waals surface area contributed by atoms with Gasteiger partial charge in [0.25, 0.3) is 5.24 Å². The van der Waals surface area contributed by atoms with Gasteiger partial charge in [-0.2, -0.15) is 0 Å². The van der Waals surface area contributed by atoms with E-state index in [2.05, 4.69) is 10.3 Å². The Morgan fingerprint density at radius 2 is 2.04 bits per heavy atom. The SMILES string of the molecule is COc1cc(C=Nc2ccccc2O)ccc1OC(=O)CC1SC(=O)NC1=O. The van der Waals surface area contributed by atoms with Crippen molar-refractivity contribution in [3.63, 3.8) is 0 Å². The fraction of sp³-hybridized carbons (Fsp3) is 0.158. The monoisotopic (exact) mass is 400 g/mol. The first-order valence-electron chi connectivity index (χ1n) is 8.18. The molecule has 8 nitrogen and oxygen atoms in total. The molecule has 3 rings (SSSR count). The molecule has 2 amide bonds. The van der Waals surface area contributed by atoms with Crippen LogP contribution in [0.15, 0.2) is 47.5 Å². The van der Waals surface area contributed by atoms with Gasteiger partial charge in [0.2, 0.25) is 5.91 Å². The molecule has 28 heavy (non-hydrogen) atoms. The molecular formula is C19H16N2O6S. The van der Waals surface area contributed by atoms with Gasteiger partial charge in [-0.25, -0.2) is 0 Å². The van der Waals surface area contributed by atoms with Gasteiger partial charge in [-0.1, -0.05) is 23.9 Å². The van der Waals surface area contributed by atoms with Crippen molar-refractivity contribution in [2.45, 2.75) is 11.7 Å². The Balaban J connectivity index is 1.69. The zero-order valence-electron chi connectivity index (χ0n) is 14.7. The number of ether oxygens (including phenoxy) is 2. The number of nitrogens with zero attached hydrogens (tertiary/aromatic N) is 1. The summed E-state index contributed by atoms with van der Waals surface area (Å²) < 4.78 is 10.5. The van der Waals surface area contributed by atoms with Gasteiger partial charge in [-0.3, -0.25) is 24.7 Å². The highest BCUT2D eigenvalue weighted by molar-refractivity contribution is 8.15. The minimum Gasteiger partial charge on any atom is -0.506 e. The molecule has 0 saturated carbocycles. The highest BCUT2D eigenvalue weighted by atomic mass is 32.2. The number of esters is 1. The summed E-state index contributed by atoms with van der Waals surface area (Å²) in [5.41, 5.74) is 1.08. The van der Waals surface area contributed by atoms with Crippen LogP contribution in [0.1, 0.15) is 12.0 Å². The predicted octanol–water partition coefficient (Wildman–Crippen LogP) is 2.80. The number of para-hydroxylation sites is 2. The van der Waals surface area contributed by atoms with Crippen molar-refractivity contribution in [2.24, 2.45) is 4.99 Å². The summed E-state index contributed by atoms with van der Waals surface area (Å²) in [7, 11) is 1.43. The van der Waals surface area contributed by atoms with Crippen LogP contribution in [0, 0.1) is 0 Å². The second kappa shape index (κ2) is 8.57. The lowest BCUT2D eigenvalue weighted by Gasteiger charge is -2.11. The van der Waals surface area contributed by atoms with Gasteiger partial charge in [-0.05, 0) is 35.9 Å². The maximum atomic E-state index is 12.1. The third kappa shape index (κ3) is 4.68. The number of carbonyl (C=O) groups is 3. The van der Waals surface area contributed by atoms with E-state index in [1.54, 1.807) is 30.3 Å². The van der Waals surface area contributed by atoms with E-state index in [1.807, 2.05) is 0 Å². The minimum absolute atomic E-state index is 0.0589. The summed E-state index contributed by atoms with van der Waals surface area (Å²) in [6, 6.07) is 11.5. The van der Waals surface area contributed by atoms with Crippen LogP contribution >= 0.6 is 11.8 Å². The molecule has 0 radical (unpaired) electrons. The molecule has 1 atom stereocenters. The van der Waals surface area contributed by atoms with Crippen molar-refractivity contribution in [1.82, 2.24) is 5.32 Å². The number of carbonyl (C=O) groups excluding carboxylic acids is 3. The quantitative estimate of drug-likeness (QED) is 0.435. The van der Waals surface area contributed by atoms with Gasteiger partial charge in [0.1, 0.15) is 16.7 Å². The minimum atomic E-state index is -0.795. The van der Waals surface area contributed by atoms with Gasteiger partial charge < -0.3 is 14.6 Å². The lowest BCUT2D eigenvalue weighted by molar-refractivity contribution is -0.136. The normalized spacial score (nSPS) is 16.2.